The Hall–Kier alpha value is -2.05. The maximum atomic E-state index is 14.4. The monoisotopic (exact) mass is 436 g/mol. The Morgan fingerprint density at radius 1 is 0.733 bits per heavy atom. The van der Waals surface area contributed by atoms with E-state index in [1.165, 1.54) is 0 Å². The molecule has 0 aliphatic rings. The zero-order valence-corrected chi connectivity index (χ0v) is 22.1. The summed E-state index contributed by atoms with van der Waals surface area (Å²) in [6.07, 6.45) is 1.82. The van der Waals surface area contributed by atoms with Crippen LogP contribution in [0.1, 0.15) is 54.1 Å². The van der Waals surface area contributed by atoms with E-state index in [0.29, 0.717) is 6.04 Å². The summed E-state index contributed by atoms with van der Waals surface area (Å²) >= 11 is 0. The quantitative estimate of drug-likeness (QED) is 0.356. The van der Waals surface area contributed by atoms with Crippen LogP contribution < -0.4 is 0 Å². The van der Waals surface area contributed by atoms with Gasteiger partial charge in [0.2, 0.25) is 7.59 Å². The Balaban J connectivity index is 2.89. The van der Waals surface area contributed by atoms with Gasteiger partial charge in [0.1, 0.15) is 10.8 Å². The molecule has 0 spiro atoms. The molecule has 0 saturated carbocycles. The fourth-order valence-electron chi connectivity index (χ4n) is 5.00. The van der Waals surface area contributed by atoms with Gasteiger partial charge in [0.25, 0.3) is 0 Å². The number of allylic oxidation sites excluding steroid dienone is 1. The van der Waals surface area contributed by atoms with Crippen molar-refractivity contribution in [2.24, 2.45) is 0 Å². The summed E-state index contributed by atoms with van der Waals surface area (Å²) in [7, 11) is -5.30. The van der Waals surface area contributed by atoms with E-state index < -0.39 is 15.2 Å². The molecule has 0 aliphatic heterocycles. The molecular weight excluding hydrogens is 400 g/mol. The molecule has 0 radical (unpaired) electrons. The van der Waals surface area contributed by atoms with Crippen LogP contribution in [-0.4, -0.2) is 26.0 Å². The zero-order valence-electron chi connectivity index (χ0n) is 20.1. The van der Waals surface area contributed by atoms with Crippen LogP contribution in [0.15, 0.2) is 36.9 Å². The van der Waals surface area contributed by atoms with Crippen LogP contribution >= 0.6 is 0 Å². The van der Waals surface area contributed by atoms with Crippen molar-refractivity contribution in [1.82, 2.24) is 0 Å². The lowest BCUT2D eigenvalue weighted by Gasteiger charge is -2.39. The summed E-state index contributed by atoms with van der Waals surface area (Å²) in [5, 5.41) is 0.196. The van der Waals surface area contributed by atoms with E-state index in [2.05, 4.69) is 50.5 Å². The van der Waals surface area contributed by atoms with Crippen molar-refractivity contribution in [3.05, 3.63) is 81.4 Å². The van der Waals surface area contributed by atoms with Crippen molar-refractivity contribution < 1.29 is 9.59 Å². The minimum Gasteiger partial charge on any atom is -0.300 e. The lowest BCUT2D eigenvalue weighted by atomic mass is 10.0. The molecule has 0 unspecified atom stereocenters. The summed E-state index contributed by atoms with van der Waals surface area (Å²) in [6.45, 7) is 22.6. The molecule has 0 atom stereocenters. The molecule has 160 valence electrons. The minimum absolute atomic E-state index is 0.0981. The first kappa shape index (κ1) is 24.2. The van der Waals surface area contributed by atoms with Crippen LogP contribution in [0, 0.1) is 41.5 Å². The lowest BCUT2D eigenvalue weighted by Crippen LogP contribution is -2.69. The van der Waals surface area contributed by atoms with Crippen molar-refractivity contribution >= 4 is 26.0 Å². The molecule has 0 fully saturated rings. The molecule has 0 saturated heterocycles. The summed E-state index contributed by atoms with van der Waals surface area (Å²) < 4.78 is 0. The number of rotatable bonds is 7. The molecule has 0 aromatic heterocycles. The van der Waals surface area contributed by atoms with Gasteiger partial charge in [-0.15, -0.1) is 6.58 Å². The number of hydrogen-bond acceptors (Lipinski definition) is 2. The van der Waals surface area contributed by atoms with Crippen molar-refractivity contribution in [3.63, 3.8) is 0 Å². The summed E-state index contributed by atoms with van der Waals surface area (Å²) in [4.78, 5) is 28.8. The van der Waals surface area contributed by atoms with Crippen LogP contribution in [0.3, 0.4) is 0 Å². The topological polar surface area (TPSA) is 34.1 Å². The number of hydrogen-bond donors (Lipinski definition) is 0. The van der Waals surface area contributed by atoms with Gasteiger partial charge >= 0.3 is 0 Å². The Bertz CT molecular complexity index is 910. The van der Waals surface area contributed by atoms with E-state index in [9.17, 15) is 9.59 Å². The van der Waals surface area contributed by atoms with Gasteiger partial charge in [-0.05, 0) is 69.8 Å². The Morgan fingerprint density at radius 3 is 1.27 bits per heavy atom. The van der Waals surface area contributed by atoms with E-state index >= 15 is 0 Å². The molecule has 0 heterocycles. The van der Waals surface area contributed by atoms with Crippen LogP contribution in [0.5, 0.6) is 0 Å². The molecule has 2 aromatic carbocycles. The normalized spacial score (nSPS) is 12.0. The fourth-order valence-corrected chi connectivity index (χ4v) is 16.7. The first-order chi connectivity index (χ1) is 13.8. The van der Waals surface area contributed by atoms with Gasteiger partial charge in [-0.25, -0.2) is 0 Å². The maximum absolute atomic E-state index is 14.4. The highest BCUT2D eigenvalue weighted by Gasteiger charge is 2.58. The highest BCUT2D eigenvalue weighted by molar-refractivity contribution is 7.63. The van der Waals surface area contributed by atoms with Gasteiger partial charge in [0.05, 0.1) is 7.59 Å². The van der Waals surface area contributed by atoms with E-state index in [0.717, 1.165) is 44.5 Å². The SMILES string of the molecule is C=CC[Si](C(=O)c1c(C)cc(C)cc1C)(C(=O)c1c(C)cc(C)cc1C)[Si](C)(C)C. The highest BCUT2D eigenvalue weighted by Crippen LogP contribution is 2.35. The number of benzene rings is 2. The van der Waals surface area contributed by atoms with E-state index in [1.807, 2.05) is 47.6 Å². The highest BCUT2D eigenvalue weighted by atomic mass is 29.3. The third kappa shape index (κ3) is 4.08. The van der Waals surface area contributed by atoms with Gasteiger partial charge in [-0.2, -0.15) is 0 Å². The fraction of sp³-hybridized carbons (Fsp3) is 0.385. The van der Waals surface area contributed by atoms with Crippen molar-refractivity contribution in [3.8, 4) is 0 Å². The molecule has 0 aliphatic carbocycles. The average molecular weight is 437 g/mol. The Kier molecular flexibility index (Phi) is 6.94. The first-order valence-electron chi connectivity index (χ1n) is 10.6. The summed E-state index contributed by atoms with van der Waals surface area (Å²) in [5.74, 6) is 0. The lowest BCUT2D eigenvalue weighted by molar-refractivity contribution is 0.102. The molecule has 0 N–H and O–H groups in total. The van der Waals surface area contributed by atoms with Gasteiger partial charge < -0.3 is 0 Å². The second-order valence-electron chi connectivity index (χ2n) is 9.85. The first-order valence-corrected chi connectivity index (χ1v) is 17.3. The van der Waals surface area contributed by atoms with Gasteiger partial charge in [-0.3, -0.25) is 9.59 Å². The second-order valence-corrected chi connectivity index (χ2v) is 24.5. The van der Waals surface area contributed by atoms with E-state index in [-0.39, 0.29) is 10.8 Å². The third-order valence-corrected chi connectivity index (χ3v) is 21.5. The molecule has 4 heteroatoms. The predicted octanol–water partition coefficient (Wildman–Crippen LogP) is 6.73. The van der Waals surface area contributed by atoms with Crippen molar-refractivity contribution in [2.75, 3.05) is 0 Å². The second kappa shape index (κ2) is 8.60. The van der Waals surface area contributed by atoms with Gasteiger partial charge in [0.15, 0.2) is 0 Å². The van der Waals surface area contributed by atoms with Crippen LogP contribution in [-0.2, 0) is 0 Å². The van der Waals surface area contributed by atoms with E-state index in [4.69, 9.17) is 0 Å². The molecule has 0 bridgehead atoms. The Morgan fingerprint density at radius 2 is 1.03 bits per heavy atom. The third-order valence-electron chi connectivity index (χ3n) is 6.31. The standard InChI is InChI=1S/C26H36O2Si2/c1-11-12-30(29(8,9)10,25(27)23-19(4)13-17(2)14-20(23)5)26(28)24-21(6)15-18(3)16-22(24)7/h11,13-16H,1,12H2,2-10H3. The largest absolute Gasteiger partial charge is 0.300 e. The van der Waals surface area contributed by atoms with Crippen molar-refractivity contribution in [2.45, 2.75) is 67.2 Å². The predicted molar refractivity (Wildman–Crippen MR) is 134 cm³/mol. The maximum Gasteiger partial charge on any atom is 0.214 e. The van der Waals surface area contributed by atoms with Gasteiger partial charge in [-0.1, -0.05) is 61.1 Å². The number of aryl methyl sites for hydroxylation is 6. The summed E-state index contributed by atoms with van der Waals surface area (Å²) in [6, 6.07) is 8.74. The molecule has 2 nitrogen and oxygen atoms in total. The molecular formula is C26H36O2Si2. The summed E-state index contributed by atoms with van der Waals surface area (Å²) in [5.41, 5.74) is 7.69. The number of carbonyl (C=O) groups excluding carboxylic acids is 2. The Labute approximate surface area is 184 Å². The van der Waals surface area contributed by atoms with Crippen LogP contribution in [0.4, 0.5) is 0 Å². The van der Waals surface area contributed by atoms with Crippen molar-refractivity contribution in [1.29, 1.82) is 0 Å². The number of carbonyl (C=O) groups is 2. The molecule has 0 amide bonds. The smallest absolute Gasteiger partial charge is 0.214 e. The van der Waals surface area contributed by atoms with Gasteiger partial charge in [0, 0.05) is 11.1 Å². The van der Waals surface area contributed by atoms with Crippen LogP contribution in [0.2, 0.25) is 25.7 Å². The minimum atomic E-state index is -3.10. The molecule has 30 heavy (non-hydrogen) atoms. The molecule has 2 rings (SSSR count). The van der Waals surface area contributed by atoms with Crippen LogP contribution in [0.25, 0.3) is 0 Å². The zero-order chi connectivity index (χ0) is 23.0. The average Bonchev–Trinajstić information content (AvgIpc) is 2.56. The van der Waals surface area contributed by atoms with E-state index in [1.54, 1.807) is 0 Å². The molecule has 2 aromatic rings.